The predicted octanol–water partition coefficient (Wildman–Crippen LogP) is 2.45. The lowest BCUT2D eigenvalue weighted by molar-refractivity contribution is -0.132. The van der Waals surface area contributed by atoms with Crippen LogP contribution in [-0.2, 0) is 11.3 Å². The lowest BCUT2D eigenvalue weighted by atomic mass is 9.96. The summed E-state index contributed by atoms with van der Waals surface area (Å²) in [6.45, 7) is 5.45. The van der Waals surface area contributed by atoms with Gasteiger partial charge in [0.05, 0.1) is 11.7 Å². The third kappa shape index (κ3) is 3.65. The smallest absolute Gasteiger partial charge is 0.252 e. The van der Waals surface area contributed by atoms with Gasteiger partial charge in [0.2, 0.25) is 11.9 Å². The van der Waals surface area contributed by atoms with Crippen LogP contribution in [0.5, 0.6) is 0 Å². The highest BCUT2D eigenvalue weighted by Gasteiger charge is 2.28. The molecule has 0 spiro atoms. The molecular formula is C22H21N7O2. The maximum Gasteiger partial charge on any atom is 0.252 e. The molecule has 1 saturated heterocycles. The Morgan fingerprint density at radius 2 is 2.06 bits per heavy atom. The lowest BCUT2D eigenvalue weighted by Gasteiger charge is -2.38. The van der Waals surface area contributed by atoms with Crippen molar-refractivity contribution >= 4 is 39.5 Å². The van der Waals surface area contributed by atoms with Crippen molar-refractivity contribution in [2.24, 2.45) is 5.92 Å². The number of pyridine rings is 1. The fourth-order valence-electron chi connectivity index (χ4n) is 3.86. The summed E-state index contributed by atoms with van der Waals surface area (Å²) in [6.07, 6.45) is 5.60. The molecular weight excluding hydrogens is 394 g/mol. The first-order valence-electron chi connectivity index (χ1n) is 10.1. The molecule has 1 amide bonds. The molecule has 0 bridgehead atoms. The van der Waals surface area contributed by atoms with Crippen LogP contribution in [0.25, 0.3) is 21.9 Å². The topological polar surface area (TPSA) is 109 Å². The fourth-order valence-corrected chi connectivity index (χ4v) is 3.86. The zero-order valence-corrected chi connectivity index (χ0v) is 16.8. The Balaban J connectivity index is 1.36. The van der Waals surface area contributed by atoms with Crippen LogP contribution in [0.2, 0.25) is 0 Å². The summed E-state index contributed by atoms with van der Waals surface area (Å²) in [5.41, 5.74) is 2.22. The monoisotopic (exact) mass is 415 g/mol. The number of benzene rings is 1. The number of anilines is 2. The number of aromatic nitrogens is 5. The molecule has 1 aliphatic heterocycles. The summed E-state index contributed by atoms with van der Waals surface area (Å²) < 4.78 is 1.68. The Morgan fingerprint density at radius 1 is 1.23 bits per heavy atom. The van der Waals surface area contributed by atoms with Gasteiger partial charge in [0, 0.05) is 48.4 Å². The summed E-state index contributed by atoms with van der Waals surface area (Å²) in [7, 11) is 0. The molecule has 9 nitrogen and oxygen atoms in total. The number of aromatic amines is 1. The zero-order valence-electron chi connectivity index (χ0n) is 16.8. The molecule has 0 radical (unpaired) electrons. The van der Waals surface area contributed by atoms with Crippen LogP contribution in [0, 0.1) is 5.92 Å². The van der Waals surface area contributed by atoms with Gasteiger partial charge >= 0.3 is 0 Å². The molecule has 1 aliphatic rings. The summed E-state index contributed by atoms with van der Waals surface area (Å²) in [5.74, 6) is 0.735. The first-order valence-corrected chi connectivity index (χ1v) is 10.1. The van der Waals surface area contributed by atoms with E-state index in [2.05, 4.69) is 32.1 Å². The van der Waals surface area contributed by atoms with Crippen molar-refractivity contribution in [3.05, 3.63) is 65.7 Å². The number of likely N-dealkylation sites (tertiary alicyclic amines) is 1. The summed E-state index contributed by atoms with van der Waals surface area (Å²) >= 11 is 0. The molecule has 156 valence electrons. The average Bonchev–Trinajstić information content (AvgIpc) is 3.21. The van der Waals surface area contributed by atoms with E-state index in [1.54, 1.807) is 34.0 Å². The number of amides is 1. The van der Waals surface area contributed by atoms with E-state index in [0.29, 0.717) is 37.1 Å². The molecule has 0 aliphatic carbocycles. The van der Waals surface area contributed by atoms with E-state index in [1.807, 2.05) is 18.2 Å². The highest BCUT2D eigenvalue weighted by molar-refractivity contribution is 5.87. The van der Waals surface area contributed by atoms with Gasteiger partial charge in [-0.3, -0.25) is 19.3 Å². The third-order valence-electron chi connectivity index (χ3n) is 5.63. The first-order chi connectivity index (χ1) is 15.1. The normalized spacial score (nSPS) is 14.0. The molecule has 0 unspecified atom stereocenters. The molecule has 1 fully saturated rings. The van der Waals surface area contributed by atoms with Crippen LogP contribution >= 0.6 is 0 Å². The number of nitrogens with one attached hydrogen (secondary N) is 2. The lowest BCUT2D eigenvalue weighted by Crippen LogP contribution is -2.49. The molecule has 4 aromatic rings. The van der Waals surface area contributed by atoms with E-state index in [1.165, 1.54) is 6.08 Å². The molecule has 1 aromatic carbocycles. The number of aryl methyl sites for hydroxylation is 1. The van der Waals surface area contributed by atoms with E-state index in [4.69, 9.17) is 0 Å². The Kier molecular flexibility index (Phi) is 4.70. The van der Waals surface area contributed by atoms with Crippen LogP contribution in [-0.4, -0.2) is 48.6 Å². The second-order valence-corrected chi connectivity index (χ2v) is 7.69. The van der Waals surface area contributed by atoms with Crippen molar-refractivity contribution in [1.82, 2.24) is 29.6 Å². The van der Waals surface area contributed by atoms with Gasteiger partial charge in [-0.15, -0.1) is 0 Å². The van der Waals surface area contributed by atoms with Gasteiger partial charge in [0.15, 0.2) is 0 Å². The number of H-pyrrole nitrogens is 1. The van der Waals surface area contributed by atoms with Crippen molar-refractivity contribution in [2.75, 3.05) is 18.4 Å². The highest BCUT2D eigenvalue weighted by atomic mass is 16.2. The Morgan fingerprint density at radius 3 is 2.90 bits per heavy atom. The molecule has 5 rings (SSSR count). The highest BCUT2D eigenvalue weighted by Crippen LogP contribution is 2.22. The number of carbonyl (C=O) groups is 1. The van der Waals surface area contributed by atoms with Crippen molar-refractivity contribution in [1.29, 1.82) is 0 Å². The number of rotatable bonds is 6. The van der Waals surface area contributed by atoms with Crippen molar-refractivity contribution in [3.63, 3.8) is 0 Å². The van der Waals surface area contributed by atoms with Crippen molar-refractivity contribution in [3.8, 4) is 0 Å². The Hall–Kier alpha value is -4.01. The largest absolute Gasteiger partial charge is 0.338 e. The van der Waals surface area contributed by atoms with Gasteiger partial charge in [-0.1, -0.05) is 6.58 Å². The molecule has 9 heteroatoms. The molecule has 31 heavy (non-hydrogen) atoms. The number of carbonyl (C=O) groups excluding carboxylic acids is 1. The second-order valence-electron chi connectivity index (χ2n) is 7.69. The zero-order chi connectivity index (χ0) is 21.4. The van der Waals surface area contributed by atoms with Crippen LogP contribution < -0.4 is 10.9 Å². The van der Waals surface area contributed by atoms with Gasteiger partial charge < -0.3 is 10.2 Å². The second kappa shape index (κ2) is 7.67. The molecule has 2 N–H and O–H groups in total. The van der Waals surface area contributed by atoms with Crippen LogP contribution in [0.3, 0.4) is 0 Å². The summed E-state index contributed by atoms with van der Waals surface area (Å²) in [5, 5.41) is 12.0. The molecule has 0 saturated carbocycles. The third-order valence-corrected chi connectivity index (χ3v) is 5.63. The van der Waals surface area contributed by atoms with E-state index in [0.717, 1.165) is 28.4 Å². The number of nitrogens with zero attached hydrogens (tertiary/aromatic N) is 5. The first kappa shape index (κ1) is 19.0. The Bertz CT molecular complexity index is 1350. The number of fused-ring (bicyclic) bond motifs is 2. The maximum atomic E-state index is 12.6. The Labute approximate surface area is 177 Å². The van der Waals surface area contributed by atoms with E-state index in [-0.39, 0.29) is 11.5 Å². The van der Waals surface area contributed by atoms with E-state index < -0.39 is 0 Å². The minimum absolute atomic E-state index is 0.0460. The van der Waals surface area contributed by atoms with Gasteiger partial charge in [0.25, 0.3) is 5.56 Å². The summed E-state index contributed by atoms with van der Waals surface area (Å²) in [4.78, 5) is 34.9. The molecule has 0 atom stereocenters. The van der Waals surface area contributed by atoms with Gasteiger partial charge in [-0.2, -0.15) is 10.1 Å². The SMILES string of the molecule is C=CC(=O)N1CC(CCn2c(=O)ccc3cnc(Nc4ccc5cn[nH]c5c4)nc32)C1. The van der Waals surface area contributed by atoms with Gasteiger partial charge in [-0.05, 0) is 42.7 Å². The fraction of sp³-hybridized carbons (Fsp3) is 0.227. The minimum atomic E-state index is -0.102. The van der Waals surface area contributed by atoms with E-state index in [9.17, 15) is 9.59 Å². The number of hydrogen-bond acceptors (Lipinski definition) is 6. The van der Waals surface area contributed by atoms with Crippen LogP contribution in [0.1, 0.15) is 6.42 Å². The van der Waals surface area contributed by atoms with Gasteiger partial charge in [-0.25, -0.2) is 4.98 Å². The van der Waals surface area contributed by atoms with Crippen LogP contribution in [0.4, 0.5) is 11.6 Å². The molecule has 3 aromatic heterocycles. The average molecular weight is 415 g/mol. The number of hydrogen-bond donors (Lipinski definition) is 2. The molecule has 4 heterocycles. The maximum absolute atomic E-state index is 12.6. The standard InChI is InChI=1S/C22H21N7O2/c1-2-19(30)28-12-14(13-28)7-8-29-20(31)6-4-16-10-23-22(26-21(16)29)25-17-5-3-15-11-24-27-18(15)9-17/h2-6,9-11,14H,1,7-8,12-13H2,(H,24,27)(H,23,25,26). The predicted molar refractivity (Wildman–Crippen MR) is 118 cm³/mol. The van der Waals surface area contributed by atoms with Crippen molar-refractivity contribution in [2.45, 2.75) is 13.0 Å². The minimum Gasteiger partial charge on any atom is -0.338 e. The van der Waals surface area contributed by atoms with E-state index >= 15 is 0 Å². The van der Waals surface area contributed by atoms with Crippen LogP contribution in [0.15, 0.2) is 60.2 Å². The van der Waals surface area contributed by atoms with Crippen molar-refractivity contribution < 1.29 is 4.79 Å². The van der Waals surface area contributed by atoms with Gasteiger partial charge in [0.1, 0.15) is 5.65 Å². The summed E-state index contributed by atoms with van der Waals surface area (Å²) in [6, 6.07) is 9.09. The quantitative estimate of drug-likeness (QED) is 0.468.